The molecule has 2 aromatic rings. The van der Waals surface area contributed by atoms with Gasteiger partial charge in [-0.05, 0) is 48.9 Å². The number of anilines is 2. The Morgan fingerprint density at radius 1 is 1.21 bits per heavy atom. The van der Waals surface area contributed by atoms with Crippen LogP contribution in [-0.2, 0) is 4.74 Å². The van der Waals surface area contributed by atoms with Crippen molar-refractivity contribution < 1.29 is 9.53 Å². The predicted molar refractivity (Wildman–Crippen MR) is 77.3 cm³/mol. The fourth-order valence-corrected chi connectivity index (χ4v) is 1.99. The van der Waals surface area contributed by atoms with Crippen molar-refractivity contribution in [3.63, 3.8) is 0 Å². The van der Waals surface area contributed by atoms with Crippen LogP contribution in [0.1, 0.15) is 15.9 Å². The molecule has 19 heavy (non-hydrogen) atoms. The molecule has 0 bridgehead atoms. The molecule has 0 unspecified atom stereocenters. The van der Waals surface area contributed by atoms with Crippen LogP contribution in [0.3, 0.4) is 0 Å². The van der Waals surface area contributed by atoms with Gasteiger partial charge in [0, 0.05) is 16.4 Å². The number of carbonyl (C=O) groups is 1. The third-order valence-corrected chi connectivity index (χ3v) is 2.99. The largest absolute Gasteiger partial charge is 0.465 e. The molecule has 2 rings (SSSR count). The normalized spacial score (nSPS) is 10.1. The number of esters is 1. The lowest BCUT2D eigenvalue weighted by Gasteiger charge is -2.10. The molecular weight excluding hydrogens is 262 g/mol. The molecule has 98 valence electrons. The Morgan fingerprint density at radius 3 is 2.68 bits per heavy atom. The summed E-state index contributed by atoms with van der Waals surface area (Å²) in [7, 11) is 1.37. The van der Waals surface area contributed by atoms with Crippen molar-refractivity contribution in [1.82, 2.24) is 0 Å². The number of hydrogen-bond acceptors (Lipinski definition) is 3. The Kier molecular flexibility index (Phi) is 4.07. The molecule has 0 radical (unpaired) electrons. The zero-order chi connectivity index (χ0) is 13.8. The Labute approximate surface area is 117 Å². The Bertz CT molecular complexity index is 611. The number of ether oxygens (including phenoxy) is 1. The van der Waals surface area contributed by atoms with Gasteiger partial charge in [-0.2, -0.15) is 0 Å². The van der Waals surface area contributed by atoms with Gasteiger partial charge in [0.15, 0.2) is 0 Å². The van der Waals surface area contributed by atoms with Gasteiger partial charge in [0.2, 0.25) is 0 Å². The molecule has 0 aliphatic carbocycles. The first-order chi connectivity index (χ1) is 9.10. The van der Waals surface area contributed by atoms with E-state index < -0.39 is 0 Å². The first-order valence-corrected chi connectivity index (χ1v) is 6.19. The SMILES string of the molecule is COC(=O)c1cccc(Nc2ccc(Cl)cc2C)c1. The van der Waals surface area contributed by atoms with Crippen molar-refractivity contribution in [1.29, 1.82) is 0 Å². The van der Waals surface area contributed by atoms with Crippen LogP contribution in [0.2, 0.25) is 5.02 Å². The Morgan fingerprint density at radius 2 is 2.00 bits per heavy atom. The van der Waals surface area contributed by atoms with Gasteiger partial charge in [-0.3, -0.25) is 0 Å². The standard InChI is InChI=1S/C15H14ClNO2/c1-10-8-12(16)6-7-14(10)17-13-5-3-4-11(9-13)15(18)19-2/h3-9,17H,1-2H3. The number of methoxy groups -OCH3 is 1. The van der Waals surface area contributed by atoms with Crippen LogP contribution in [0.4, 0.5) is 11.4 Å². The monoisotopic (exact) mass is 275 g/mol. The minimum absolute atomic E-state index is 0.350. The second kappa shape index (κ2) is 5.76. The van der Waals surface area contributed by atoms with E-state index in [4.69, 9.17) is 16.3 Å². The van der Waals surface area contributed by atoms with Crippen LogP contribution in [-0.4, -0.2) is 13.1 Å². The predicted octanol–water partition coefficient (Wildman–Crippen LogP) is 4.18. The summed E-state index contributed by atoms with van der Waals surface area (Å²) in [6.07, 6.45) is 0. The van der Waals surface area contributed by atoms with Crippen molar-refractivity contribution >= 4 is 28.9 Å². The lowest BCUT2D eigenvalue weighted by atomic mass is 10.1. The highest BCUT2D eigenvalue weighted by Gasteiger charge is 2.06. The van der Waals surface area contributed by atoms with E-state index in [9.17, 15) is 4.79 Å². The van der Waals surface area contributed by atoms with Crippen LogP contribution in [0.25, 0.3) is 0 Å². The van der Waals surface area contributed by atoms with E-state index in [0.29, 0.717) is 10.6 Å². The summed E-state index contributed by atoms with van der Waals surface area (Å²) in [5.41, 5.74) is 3.33. The van der Waals surface area contributed by atoms with Crippen molar-refractivity contribution in [2.75, 3.05) is 12.4 Å². The van der Waals surface area contributed by atoms with Crippen LogP contribution >= 0.6 is 11.6 Å². The first-order valence-electron chi connectivity index (χ1n) is 5.81. The zero-order valence-corrected chi connectivity index (χ0v) is 11.5. The Hall–Kier alpha value is -2.00. The van der Waals surface area contributed by atoms with E-state index in [-0.39, 0.29) is 5.97 Å². The lowest BCUT2D eigenvalue weighted by molar-refractivity contribution is 0.0601. The van der Waals surface area contributed by atoms with E-state index in [0.717, 1.165) is 16.9 Å². The summed E-state index contributed by atoms with van der Waals surface area (Å²) >= 11 is 5.92. The number of hydrogen-bond donors (Lipinski definition) is 1. The molecule has 0 atom stereocenters. The second-order valence-electron chi connectivity index (χ2n) is 4.16. The summed E-state index contributed by atoms with van der Waals surface area (Å²) in [5.74, 6) is -0.350. The van der Waals surface area contributed by atoms with Gasteiger partial charge in [0.1, 0.15) is 0 Å². The van der Waals surface area contributed by atoms with Crippen molar-refractivity contribution in [3.05, 3.63) is 58.6 Å². The molecule has 1 N–H and O–H groups in total. The highest BCUT2D eigenvalue weighted by Crippen LogP contribution is 2.24. The fraction of sp³-hybridized carbons (Fsp3) is 0.133. The maximum absolute atomic E-state index is 11.5. The quantitative estimate of drug-likeness (QED) is 0.854. The van der Waals surface area contributed by atoms with Crippen LogP contribution < -0.4 is 5.32 Å². The molecular formula is C15H14ClNO2. The van der Waals surface area contributed by atoms with Gasteiger partial charge in [-0.1, -0.05) is 17.7 Å². The van der Waals surface area contributed by atoms with Gasteiger partial charge in [-0.15, -0.1) is 0 Å². The molecule has 0 saturated heterocycles. The van der Waals surface area contributed by atoms with Crippen LogP contribution in [0.15, 0.2) is 42.5 Å². The Balaban J connectivity index is 2.26. The van der Waals surface area contributed by atoms with Crippen LogP contribution in [0, 0.1) is 6.92 Å². The molecule has 0 amide bonds. The molecule has 2 aromatic carbocycles. The molecule has 0 fully saturated rings. The van der Waals surface area contributed by atoms with Gasteiger partial charge in [0.05, 0.1) is 12.7 Å². The topological polar surface area (TPSA) is 38.3 Å². The first kappa shape index (κ1) is 13.4. The highest BCUT2D eigenvalue weighted by molar-refractivity contribution is 6.30. The number of nitrogens with one attached hydrogen (secondary N) is 1. The third kappa shape index (κ3) is 3.26. The molecule has 0 saturated carbocycles. The van der Waals surface area contributed by atoms with Crippen molar-refractivity contribution in [2.24, 2.45) is 0 Å². The van der Waals surface area contributed by atoms with E-state index >= 15 is 0 Å². The molecule has 0 aliphatic heterocycles. The summed E-state index contributed by atoms with van der Waals surface area (Å²) in [6, 6.07) is 12.8. The van der Waals surface area contributed by atoms with E-state index in [2.05, 4.69) is 5.32 Å². The molecule has 3 nitrogen and oxygen atoms in total. The van der Waals surface area contributed by atoms with Gasteiger partial charge < -0.3 is 10.1 Å². The van der Waals surface area contributed by atoms with E-state index in [1.54, 1.807) is 18.2 Å². The second-order valence-corrected chi connectivity index (χ2v) is 4.59. The minimum Gasteiger partial charge on any atom is -0.465 e. The van der Waals surface area contributed by atoms with Crippen molar-refractivity contribution in [3.8, 4) is 0 Å². The van der Waals surface area contributed by atoms with Gasteiger partial charge in [0.25, 0.3) is 0 Å². The average molecular weight is 276 g/mol. The number of rotatable bonds is 3. The maximum Gasteiger partial charge on any atom is 0.337 e. The van der Waals surface area contributed by atoms with Crippen LogP contribution in [0.5, 0.6) is 0 Å². The summed E-state index contributed by atoms with van der Waals surface area (Å²) < 4.78 is 4.70. The lowest BCUT2D eigenvalue weighted by Crippen LogP contribution is -2.02. The smallest absolute Gasteiger partial charge is 0.337 e. The molecule has 0 aromatic heterocycles. The van der Waals surface area contributed by atoms with Gasteiger partial charge >= 0.3 is 5.97 Å². The molecule has 0 spiro atoms. The van der Waals surface area contributed by atoms with Gasteiger partial charge in [-0.25, -0.2) is 4.79 Å². The molecule has 0 aliphatic rings. The number of benzene rings is 2. The number of aryl methyl sites for hydroxylation is 1. The van der Waals surface area contributed by atoms with Crippen molar-refractivity contribution in [2.45, 2.75) is 6.92 Å². The highest BCUT2D eigenvalue weighted by atomic mass is 35.5. The van der Waals surface area contributed by atoms with E-state index in [1.807, 2.05) is 31.2 Å². The number of halogens is 1. The molecule has 0 heterocycles. The number of carbonyl (C=O) groups excluding carboxylic acids is 1. The average Bonchev–Trinajstić information content (AvgIpc) is 2.41. The molecule has 4 heteroatoms. The summed E-state index contributed by atoms with van der Waals surface area (Å²) in [4.78, 5) is 11.5. The fourth-order valence-electron chi connectivity index (χ4n) is 1.76. The minimum atomic E-state index is -0.350. The zero-order valence-electron chi connectivity index (χ0n) is 10.7. The summed E-state index contributed by atoms with van der Waals surface area (Å²) in [5, 5.41) is 3.95. The van der Waals surface area contributed by atoms with E-state index in [1.165, 1.54) is 7.11 Å². The third-order valence-electron chi connectivity index (χ3n) is 2.75. The summed E-state index contributed by atoms with van der Waals surface area (Å²) in [6.45, 7) is 1.97. The maximum atomic E-state index is 11.5.